The molecule has 4 rings (SSSR count). The average molecular weight is 399 g/mol. The summed E-state index contributed by atoms with van der Waals surface area (Å²) >= 11 is 0. The lowest BCUT2D eigenvalue weighted by molar-refractivity contribution is -0.127. The highest BCUT2D eigenvalue weighted by Gasteiger charge is 2.28. The molecule has 0 aliphatic carbocycles. The summed E-state index contributed by atoms with van der Waals surface area (Å²) < 4.78 is 33.7. The molecule has 1 atom stereocenters. The van der Waals surface area contributed by atoms with Crippen LogP contribution in [0.5, 0.6) is 0 Å². The normalized spacial score (nSPS) is 16.0. The molecule has 28 heavy (non-hydrogen) atoms. The van der Waals surface area contributed by atoms with Gasteiger partial charge in [-0.3, -0.25) is 4.79 Å². The summed E-state index contributed by atoms with van der Waals surface area (Å²) in [6, 6.07) is 15.9. The highest BCUT2D eigenvalue weighted by Crippen LogP contribution is 2.22. The van der Waals surface area contributed by atoms with Crippen LogP contribution >= 0.6 is 0 Å². The van der Waals surface area contributed by atoms with Crippen molar-refractivity contribution >= 4 is 26.9 Å². The second-order valence-electron chi connectivity index (χ2n) is 6.91. The van der Waals surface area contributed by atoms with Crippen molar-refractivity contribution in [3.05, 3.63) is 65.9 Å². The molecular formula is C20H21N3O4S. The molecule has 1 saturated heterocycles. The maximum Gasteiger partial charge on any atom is 0.222 e. The van der Waals surface area contributed by atoms with Crippen molar-refractivity contribution in [2.45, 2.75) is 24.6 Å². The van der Waals surface area contributed by atoms with Gasteiger partial charge < -0.3 is 9.42 Å². The van der Waals surface area contributed by atoms with E-state index in [1.54, 1.807) is 17.0 Å². The second kappa shape index (κ2) is 7.73. The van der Waals surface area contributed by atoms with Crippen molar-refractivity contribution in [3.8, 4) is 0 Å². The monoisotopic (exact) mass is 399 g/mol. The number of aromatic nitrogens is 1. The number of benzene rings is 2. The van der Waals surface area contributed by atoms with Gasteiger partial charge in [0.15, 0.2) is 5.58 Å². The van der Waals surface area contributed by atoms with E-state index in [0.29, 0.717) is 36.2 Å². The second-order valence-corrected chi connectivity index (χ2v) is 8.66. The van der Waals surface area contributed by atoms with E-state index in [1.165, 1.54) is 0 Å². The van der Waals surface area contributed by atoms with Crippen LogP contribution in [0, 0.1) is 0 Å². The zero-order valence-electron chi connectivity index (χ0n) is 15.2. The Morgan fingerprint density at radius 3 is 2.61 bits per heavy atom. The van der Waals surface area contributed by atoms with E-state index in [1.807, 2.05) is 42.5 Å². The first-order valence-corrected chi connectivity index (χ1v) is 10.8. The average Bonchev–Trinajstić information content (AvgIpc) is 3.28. The molecule has 1 aromatic heterocycles. The summed E-state index contributed by atoms with van der Waals surface area (Å²) in [6.07, 6.45) is 1.32. The van der Waals surface area contributed by atoms with Crippen LogP contribution in [-0.2, 0) is 20.6 Å². The van der Waals surface area contributed by atoms with E-state index in [0.717, 1.165) is 12.0 Å². The number of nitrogens with zero attached hydrogens (tertiary/aromatic N) is 2. The Kier molecular flexibility index (Phi) is 5.15. The number of rotatable bonds is 7. The molecular weight excluding hydrogens is 378 g/mol. The molecule has 0 radical (unpaired) electrons. The van der Waals surface area contributed by atoms with E-state index < -0.39 is 16.1 Å². The van der Waals surface area contributed by atoms with Crippen LogP contribution in [0.1, 0.15) is 30.1 Å². The maximum atomic E-state index is 12.9. The van der Waals surface area contributed by atoms with Crippen molar-refractivity contribution in [1.82, 2.24) is 14.8 Å². The van der Waals surface area contributed by atoms with Gasteiger partial charge in [0.1, 0.15) is 11.4 Å². The van der Waals surface area contributed by atoms with Gasteiger partial charge in [0.05, 0.1) is 6.04 Å². The number of hydrogen-bond donors (Lipinski definition) is 1. The van der Waals surface area contributed by atoms with Crippen LogP contribution in [0.4, 0.5) is 0 Å². The Bertz CT molecular complexity index is 1080. The minimum atomic E-state index is -3.71. The minimum Gasteiger partial charge on any atom is -0.356 e. The fourth-order valence-electron chi connectivity index (χ4n) is 3.49. The SMILES string of the molecule is O=C1CCCN1C[C@H](NS(=O)(=O)Cc1noc2ccccc12)c1ccccc1. The van der Waals surface area contributed by atoms with Crippen LogP contribution in [0.15, 0.2) is 59.1 Å². The van der Waals surface area contributed by atoms with Crippen molar-refractivity contribution in [2.24, 2.45) is 0 Å². The van der Waals surface area contributed by atoms with Gasteiger partial charge in [-0.2, -0.15) is 0 Å². The molecule has 0 saturated carbocycles. The topological polar surface area (TPSA) is 92.5 Å². The zero-order valence-corrected chi connectivity index (χ0v) is 16.1. The number of nitrogens with one attached hydrogen (secondary N) is 1. The third kappa shape index (κ3) is 4.07. The van der Waals surface area contributed by atoms with Gasteiger partial charge >= 0.3 is 0 Å². The van der Waals surface area contributed by atoms with E-state index in [4.69, 9.17) is 4.52 Å². The van der Waals surface area contributed by atoms with Crippen molar-refractivity contribution in [1.29, 1.82) is 0 Å². The Morgan fingerprint density at radius 1 is 1.11 bits per heavy atom. The van der Waals surface area contributed by atoms with Crippen molar-refractivity contribution in [2.75, 3.05) is 13.1 Å². The fourth-order valence-corrected chi connectivity index (χ4v) is 4.79. The standard InChI is InChI=1S/C20H21N3O4S/c24-20-11-6-12-23(20)13-17(15-7-2-1-3-8-15)22-28(25,26)14-18-16-9-4-5-10-19(16)27-21-18/h1-5,7-10,17,22H,6,11-14H2/t17-/m0/s1. The van der Waals surface area contributed by atoms with Gasteiger partial charge in [-0.05, 0) is 24.1 Å². The number of carbonyl (C=O) groups is 1. The highest BCUT2D eigenvalue weighted by atomic mass is 32.2. The number of carbonyl (C=O) groups excluding carboxylic acids is 1. The van der Waals surface area contributed by atoms with Crippen molar-refractivity contribution in [3.63, 3.8) is 0 Å². The predicted octanol–water partition coefficient (Wildman–Crippen LogP) is 2.61. The lowest BCUT2D eigenvalue weighted by Crippen LogP contribution is -2.39. The van der Waals surface area contributed by atoms with Crippen LogP contribution < -0.4 is 4.72 Å². The third-order valence-electron chi connectivity index (χ3n) is 4.88. The molecule has 1 aliphatic heterocycles. The van der Waals surface area contributed by atoms with Crippen LogP contribution in [0.2, 0.25) is 0 Å². The fraction of sp³-hybridized carbons (Fsp3) is 0.300. The molecule has 146 valence electrons. The first kappa shape index (κ1) is 18.6. The smallest absolute Gasteiger partial charge is 0.222 e. The van der Waals surface area contributed by atoms with E-state index >= 15 is 0 Å². The zero-order chi connectivity index (χ0) is 19.6. The van der Waals surface area contributed by atoms with E-state index in [-0.39, 0.29) is 11.7 Å². The first-order valence-electron chi connectivity index (χ1n) is 9.18. The summed E-state index contributed by atoms with van der Waals surface area (Å²) in [5.41, 5.74) is 1.73. The Hall–Kier alpha value is -2.71. The molecule has 1 N–H and O–H groups in total. The molecule has 8 heteroatoms. The number of sulfonamides is 1. The molecule has 2 aromatic carbocycles. The molecule has 7 nitrogen and oxygen atoms in total. The predicted molar refractivity (Wildman–Crippen MR) is 105 cm³/mol. The van der Waals surface area contributed by atoms with Gasteiger partial charge in [-0.1, -0.05) is 47.6 Å². The Labute approximate surface area is 163 Å². The van der Waals surface area contributed by atoms with Gasteiger partial charge in [0.25, 0.3) is 0 Å². The first-order chi connectivity index (χ1) is 13.5. The number of para-hydroxylation sites is 1. The molecule has 0 bridgehead atoms. The Balaban J connectivity index is 1.57. The highest BCUT2D eigenvalue weighted by molar-refractivity contribution is 7.88. The van der Waals surface area contributed by atoms with E-state index in [9.17, 15) is 13.2 Å². The summed E-state index contributed by atoms with van der Waals surface area (Å²) in [7, 11) is -3.71. The van der Waals surface area contributed by atoms with Crippen LogP contribution in [0.3, 0.4) is 0 Å². The molecule has 1 fully saturated rings. The van der Waals surface area contributed by atoms with Crippen LogP contribution in [0.25, 0.3) is 11.0 Å². The maximum absolute atomic E-state index is 12.9. The van der Waals surface area contributed by atoms with Crippen LogP contribution in [-0.4, -0.2) is 37.5 Å². The minimum absolute atomic E-state index is 0.0580. The quantitative estimate of drug-likeness (QED) is 0.659. The largest absolute Gasteiger partial charge is 0.356 e. The van der Waals surface area contributed by atoms with Gasteiger partial charge in [0, 0.05) is 24.9 Å². The molecule has 2 heterocycles. The Morgan fingerprint density at radius 2 is 1.86 bits per heavy atom. The molecule has 3 aromatic rings. The number of likely N-dealkylation sites (tertiary alicyclic amines) is 1. The molecule has 0 unspecified atom stereocenters. The molecule has 0 spiro atoms. The number of hydrogen-bond acceptors (Lipinski definition) is 5. The summed E-state index contributed by atoms with van der Waals surface area (Å²) in [5.74, 6) is -0.232. The van der Waals surface area contributed by atoms with Crippen molar-refractivity contribution < 1.29 is 17.7 Å². The summed E-state index contributed by atoms with van der Waals surface area (Å²) in [4.78, 5) is 13.7. The van der Waals surface area contributed by atoms with Gasteiger partial charge in [-0.25, -0.2) is 13.1 Å². The lowest BCUT2D eigenvalue weighted by atomic mass is 10.1. The summed E-state index contributed by atoms with van der Waals surface area (Å²) in [6.45, 7) is 0.958. The summed E-state index contributed by atoms with van der Waals surface area (Å²) in [5, 5.41) is 4.60. The van der Waals surface area contributed by atoms with Gasteiger partial charge in [0.2, 0.25) is 15.9 Å². The third-order valence-corrected chi connectivity index (χ3v) is 6.17. The molecule has 1 aliphatic rings. The number of amides is 1. The lowest BCUT2D eigenvalue weighted by Gasteiger charge is -2.25. The number of fused-ring (bicyclic) bond motifs is 1. The molecule has 1 amide bonds. The van der Waals surface area contributed by atoms with E-state index in [2.05, 4.69) is 9.88 Å². The van der Waals surface area contributed by atoms with Gasteiger partial charge in [-0.15, -0.1) is 0 Å².